The minimum absolute atomic E-state index is 0.00161. The van der Waals surface area contributed by atoms with Gasteiger partial charge in [0.05, 0.1) is 6.04 Å². The number of benzene rings is 2. The molecule has 2 aromatic carbocycles. The Balaban J connectivity index is 1.69. The third kappa shape index (κ3) is 5.04. The summed E-state index contributed by atoms with van der Waals surface area (Å²) >= 11 is 6.02. The van der Waals surface area contributed by atoms with Crippen LogP contribution in [0.5, 0.6) is 5.75 Å². The summed E-state index contributed by atoms with van der Waals surface area (Å²) in [5.41, 5.74) is 4.08. The highest BCUT2D eigenvalue weighted by atomic mass is 35.5. The lowest BCUT2D eigenvalue weighted by Crippen LogP contribution is -2.40. The molecule has 1 aliphatic carbocycles. The Morgan fingerprint density at radius 3 is 2.56 bits per heavy atom. The van der Waals surface area contributed by atoms with Crippen LogP contribution in [-0.2, 0) is 17.6 Å². The van der Waals surface area contributed by atoms with Gasteiger partial charge in [0.2, 0.25) is 0 Å². The number of fused-ring (bicyclic) bond motifs is 1. The van der Waals surface area contributed by atoms with Gasteiger partial charge in [-0.05, 0) is 73.4 Å². The van der Waals surface area contributed by atoms with Gasteiger partial charge < -0.3 is 10.1 Å². The van der Waals surface area contributed by atoms with Gasteiger partial charge in [0.15, 0.2) is 6.10 Å². The van der Waals surface area contributed by atoms with E-state index in [9.17, 15) is 4.79 Å². The molecule has 3 nitrogen and oxygen atoms in total. The maximum absolute atomic E-state index is 12.8. The van der Waals surface area contributed by atoms with Crippen molar-refractivity contribution < 1.29 is 9.53 Å². The molecule has 144 valence electrons. The highest BCUT2D eigenvalue weighted by Crippen LogP contribution is 2.26. The molecule has 4 heteroatoms. The average Bonchev–Trinajstić information content (AvgIpc) is 2.69. The van der Waals surface area contributed by atoms with E-state index >= 15 is 0 Å². The lowest BCUT2D eigenvalue weighted by Gasteiger charge is -2.24. The minimum Gasteiger partial charge on any atom is -0.481 e. The van der Waals surface area contributed by atoms with Crippen LogP contribution in [0.25, 0.3) is 0 Å². The molecule has 0 saturated heterocycles. The molecule has 2 aromatic rings. The van der Waals surface area contributed by atoms with E-state index in [0.29, 0.717) is 17.2 Å². The lowest BCUT2D eigenvalue weighted by atomic mass is 9.88. The van der Waals surface area contributed by atoms with Crippen LogP contribution in [-0.4, -0.2) is 12.0 Å². The summed E-state index contributed by atoms with van der Waals surface area (Å²) < 4.78 is 5.88. The largest absolute Gasteiger partial charge is 0.481 e. The van der Waals surface area contributed by atoms with Crippen molar-refractivity contribution >= 4 is 17.5 Å². The summed E-state index contributed by atoms with van der Waals surface area (Å²) in [6.45, 7) is 4.05. The quantitative estimate of drug-likeness (QED) is 0.669. The van der Waals surface area contributed by atoms with E-state index in [2.05, 4.69) is 30.4 Å². The fourth-order valence-corrected chi connectivity index (χ4v) is 3.86. The molecule has 1 N–H and O–H groups in total. The number of carbonyl (C=O) groups excluding carboxylic acids is 1. The molecule has 0 radical (unpaired) electrons. The van der Waals surface area contributed by atoms with E-state index < -0.39 is 6.10 Å². The number of aryl methyl sites for hydroxylation is 2. The van der Waals surface area contributed by atoms with Crippen LogP contribution in [0.2, 0.25) is 5.02 Å². The van der Waals surface area contributed by atoms with Crippen LogP contribution in [0.4, 0.5) is 0 Å². The molecule has 0 saturated carbocycles. The molecule has 1 amide bonds. The SMILES string of the molecule is CC[C@H](NC(=O)[C@@H](CC)Oc1cccc(Cl)c1)c1ccc2c(c1)CCCC2. The van der Waals surface area contributed by atoms with Gasteiger partial charge in [-0.2, -0.15) is 0 Å². The highest BCUT2D eigenvalue weighted by molar-refractivity contribution is 6.30. The first-order chi connectivity index (χ1) is 13.1. The fourth-order valence-electron chi connectivity index (χ4n) is 3.68. The Bertz CT molecular complexity index is 790. The minimum atomic E-state index is -0.532. The number of amides is 1. The van der Waals surface area contributed by atoms with E-state index in [0.717, 1.165) is 12.8 Å². The van der Waals surface area contributed by atoms with Crippen molar-refractivity contribution in [1.29, 1.82) is 0 Å². The maximum atomic E-state index is 12.8. The smallest absolute Gasteiger partial charge is 0.261 e. The molecule has 0 bridgehead atoms. The molecule has 1 aliphatic rings. The summed E-state index contributed by atoms with van der Waals surface area (Å²) in [6.07, 6.45) is 5.75. The Morgan fingerprint density at radius 1 is 1.07 bits per heavy atom. The van der Waals surface area contributed by atoms with Gasteiger partial charge in [0.25, 0.3) is 5.91 Å². The number of hydrogen-bond donors (Lipinski definition) is 1. The predicted molar refractivity (Wildman–Crippen MR) is 110 cm³/mol. The lowest BCUT2D eigenvalue weighted by molar-refractivity contribution is -0.128. The van der Waals surface area contributed by atoms with E-state index in [1.165, 1.54) is 36.0 Å². The van der Waals surface area contributed by atoms with Crippen LogP contribution < -0.4 is 10.1 Å². The second kappa shape index (κ2) is 9.27. The number of hydrogen-bond acceptors (Lipinski definition) is 2. The zero-order chi connectivity index (χ0) is 19.2. The number of ether oxygens (including phenoxy) is 1. The van der Waals surface area contributed by atoms with Gasteiger partial charge in [-0.15, -0.1) is 0 Å². The molecular formula is C23H28ClNO2. The van der Waals surface area contributed by atoms with E-state index in [1.807, 2.05) is 19.1 Å². The van der Waals surface area contributed by atoms with Gasteiger partial charge in [-0.3, -0.25) is 4.79 Å². The third-order valence-electron chi connectivity index (χ3n) is 5.24. The summed E-state index contributed by atoms with van der Waals surface area (Å²) in [4.78, 5) is 12.8. The van der Waals surface area contributed by atoms with Crippen molar-refractivity contribution in [2.75, 3.05) is 0 Å². The summed E-state index contributed by atoms with van der Waals surface area (Å²) in [7, 11) is 0. The first kappa shape index (κ1) is 19.8. The normalized spacial score (nSPS) is 15.5. The standard InChI is InChI=1S/C23H28ClNO2/c1-3-21(18-13-12-16-8-5-6-9-17(16)14-18)25-23(26)22(4-2)27-20-11-7-10-19(24)15-20/h7,10-15,21-22H,3-6,8-9H2,1-2H3,(H,25,26)/t21-,22+/m0/s1. The van der Waals surface area contributed by atoms with Crippen molar-refractivity contribution in [1.82, 2.24) is 5.32 Å². The van der Waals surface area contributed by atoms with E-state index in [1.54, 1.807) is 12.1 Å². The van der Waals surface area contributed by atoms with Gasteiger partial charge >= 0.3 is 0 Å². The highest BCUT2D eigenvalue weighted by Gasteiger charge is 2.22. The first-order valence-electron chi connectivity index (χ1n) is 9.95. The Hall–Kier alpha value is -2.00. The van der Waals surface area contributed by atoms with Crippen LogP contribution in [0.3, 0.4) is 0 Å². The molecule has 0 fully saturated rings. The van der Waals surface area contributed by atoms with Gasteiger partial charge in [-0.1, -0.05) is 49.7 Å². The molecule has 3 rings (SSSR count). The van der Waals surface area contributed by atoms with Gasteiger partial charge in [-0.25, -0.2) is 0 Å². The molecule has 0 unspecified atom stereocenters. The Labute approximate surface area is 167 Å². The molecule has 2 atom stereocenters. The van der Waals surface area contributed by atoms with E-state index in [-0.39, 0.29) is 11.9 Å². The van der Waals surface area contributed by atoms with Crippen LogP contribution in [0.1, 0.15) is 62.3 Å². The van der Waals surface area contributed by atoms with Gasteiger partial charge in [0, 0.05) is 5.02 Å². The monoisotopic (exact) mass is 385 g/mol. The second-order valence-corrected chi connectivity index (χ2v) is 7.61. The van der Waals surface area contributed by atoms with Crippen LogP contribution in [0, 0.1) is 0 Å². The molecule has 0 aromatic heterocycles. The number of rotatable bonds is 7. The molecule has 0 aliphatic heterocycles. The predicted octanol–water partition coefficient (Wildman–Crippen LogP) is 5.64. The van der Waals surface area contributed by atoms with Crippen LogP contribution in [0.15, 0.2) is 42.5 Å². The van der Waals surface area contributed by atoms with Crippen molar-refractivity contribution in [3.05, 3.63) is 64.2 Å². The first-order valence-corrected chi connectivity index (χ1v) is 10.3. The zero-order valence-corrected chi connectivity index (χ0v) is 16.9. The number of halogens is 1. The van der Waals surface area contributed by atoms with Crippen molar-refractivity contribution in [2.24, 2.45) is 0 Å². The molecule has 0 spiro atoms. The summed E-state index contributed by atoms with van der Waals surface area (Å²) in [6, 6.07) is 13.9. The van der Waals surface area contributed by atoms with Crippen molar-refractivity contribution in [3.8, 4) is 5.75 Å². The summed E-state index contributed by atoms with van der Waals surface area (Å²) in [5, 5.41) is 3.78. The average molecular weight is 386 g/mol. The molecular weight excluding hydrogens is 358 g/mol. The number of nitrogens with one attached hydrogen (secondary N) is 1. The zero-order valence-electron chi connectivity index (χ0n) is 16.1. The Kier molecular flexibility index (Phi) is 6.78. The van der Waals surface area contributed by atoms with Crippen molar-refractivity contribution in [3.63, 3.8) is 0 Å². The Morgan fingerprint density at radius 2 is 1.85 bits per heavy atom. The molecule has 0 heterocycles. The summed E-state index contributed by atoms with van der Waals surface area (Å²) in [5.74, 6) is 0.536. The van der Waals surface area contributed by atoms with Crippen molar-refractivity contribution in [2.45, 2.75) is 64.5 Å². The molecule has 27 heavy (non-hydrogen) atoms. The second-order valence-electron chi connectivity index (χ2n) is 7.18. The van der Waals surface area contributed by atoms with Gasteiger partial charge in [0.1, 0.15) is 5.75 Å². The van der Waals surface area contributed by atoms with Crippen LogP contribution >= 0.6 is 11.6 Å². The third-order valence-corrected chi connectivity index (χ3v) is 5.47. The topological polar surface area (TPSA) is 38.3 Å². The fraction of sp³-hybridized carbons (Fsp3) is 0.435. The maximum Gasteiger partial charge on any atom is 0.261 e. The number of carbonyl (C=O) groups is 1. The van der Waals surface area contributed by atoms with E-state index in [4.69, 9.17) is 16.3 Å².